The topological polar surface area (TPSA) is 84.9 Å². The summed E-state index contributed by atoms with van der Waals surface area (Å²) >= 11 is 0. The summed E-state index contributed by atoms with van der Waals surface area (Å²) in [6.45, 7) is 0. The molecule has 0 amide bonds. The molecule has 0 aliphatic heterocycles. The average Bonchev–Trinajstić information content (AvgIpc) is 2.32. The van der Waals surface area contributed by atoms with Crippen LogP contribution in [0.25, 0.3) is 0 Å². The van der Waals surface area contributed by atoms with Crippen LogP contribution >= 0.6 is 0 Å². The van der Waals surface area contributed by atoms with Gasteiger partial charge in [-0.15, -0.1) is 0 Å². The number of rotatable bonds is 3. The molecule has 0 bridgehead atoms. The van der Waals surface area contributed by atoms with E-state index >= 15 is 0 Å². The van der Waals surface area contributed by atoms with Crippen LogP contribution in [0.4, 0.5) is 4.39 Å². The highest BCUT2D eigenvalue weighted by molar-refractivity contribution is 5.92. The highest BCUT2D eigenvalue weighted by Gasteiger charge is 2.04. The van der Waals surface area contributed by atoms with E-state index in [-0.39, 0.29) is 23.4 Å². The average molecular weight is 232 g/mol. The maximum Gasteiger partial charge on any atom is 0.322 e. The number of hydrogen-bond donors (Lipinski definition) is 2. The number of aromatic nitrogens is 2. The molecule has 1 heterocycles. The van der Waals surface area contributed by atoms with Crippen molar-refractivity contribution in [3.8, 4) is 11.8 Å². The molecule has 3 N–H and O–H groups in total. The quantitative estimate of drug-likeness (QED) is 0.623. The van der Waals surface area contributed by atoms with Crippen LogP contribution in [-0.2, 0) is 0 Å². The van der Waals surface area contributed by atoms with Crippen LogP contribution < -0.4 is 10.5 Å². The predicted octanol–water partition coefficient (Wildman–Crippen LogP) is 1.69. The molecular weight excluding hydrogens is 223 g/mol. The van der Waals surface area contributed by atoms with Crippen molar-refractivity contribution in [1.82, 2.24) is 9.97 Å². The van der Waals surface area contributed by atoms with Crippen LogP contribution in [0.3, 0.4) is 0 Å². The molecular formula is C11H9FN4O. The summed E-state index contributed by atoms with van der Waals surface area (Å²) in [5.41, 5.74) is 5.56. The first-order valence-electron chi connectivity index (χ1n) is 4.76. The minimum atomic E-state index is -0.351. The molecule has 6 heteroatoms. The summed E-state index contributed by atoms with van der Waals surface area (Å²) in [7, 11) is 0. The first kappa shape index (κ1) is 11.0. The molecule has 2 aromatic rings. The lowest BCUT2D eigenvalue weighted by Gasteiger charge is -2.04. The van der Waals surface area contributed by atoms with E-state index in [2.05, 4.69) is 9.97 Å². The molecule has 0 fully saturated rings. The van der Waals surface area contributed by atoms with Crippen LogP contribution in [0.15, 0.2) is 36.5 Å². The van der Waals surface area contributed by atoms with Gasteiger partial charge in [-0.2, -0.15) is 4.98 Å². The lowest BCUT2D eigenvalue weighted by atomic mass is 10.3. The van der Waals surface area contributed by atoms with Crippen LogP contribution in [0.1, 0.15) is 5.69 Å². The van der Waals surface area contributed by atoms with Crippen LogP contribution in [0, 0.1) is 11.2 Å². The van der Waals surface area contributed by atoms with E-state index in [1.165, 1.54) is 36.5 Å². The first-order valence-corrected chi connectivity index (χ1v) is 4.76. The lowest BCUT2D eigenvalue weighted by molar-refractivity contribution is 0.440. The van der Waals surface area contributed by atoms with Gasteiger partial charge in [-0.25, -0.2) is 9.37 Å². The third kappa shape index (κ3) is 2.75. The molecule has 0 saturated carbocycles. The van der Waals surface area contributed by atoms with E-state index in [9.17, 15) is 4.39 Å². The Balaban J connectivity index is 2.21. The zero-order valence-corrected chi connectivity index (χ0v) is 8.72. The smallest absolute Gasteiger partial charge is 0.322 e. The van der Waals surface area contributed by atoms with Gasteiger partial charge in [0.1, 0.15) is 23.1 Å². The van der Waals surface area contributed by atoms with E-state index in [1.807, 2.05) is 0 Å². The number of ether oxygens (including phenoxy) is 1. The van der Waals surface area contributed by atoms with E-state index in [0.29, 0.717) is 5.75 Å². The summed E-state index contributed by atoms with van der Waals surface area (Å²) in [5, 5.41) is 7.22. The minimum Gasteiger partial charge on any atom is -0.424 e. The maximum atomic E-state index is 12.7. The van der Waals surface area contributed by atoms with Gasteiger partial charge in [-0.05, 0) is 30.3 Å². The summed E-state index contributed by atoms with van der Waals surface area (Å²) < 4.78 is 17.9. The van der Waals surface area contributed by atoms with Gasteiger partial charge in [-0.3, -0.25) is 5.41 Å². The lowest BCUT2D eigenvalue weighted by Crippen LogP contribution is -2.13. The molecule has 1 aromatic heterocycles. The minimum absolute atomic E-state index is 0.0595. The van der Waals surface area contributed by atoms with Crippen molar-refractivity contribution >= 4 is 5.84 Å². The number of hydrogen-bond acceptors (Lipinski definition) is 4. The molecule has 0 unspecified atom stereocenters. The Morgan fingerprint density at radius 3 is 2.59 bits per heavy atom. The fourth-order valence-corrected chi connectivity index (χ4v) is 1.15. The number of nitrogen functional groups attached to an aromatic ring is 1. The van der Waals surface area contributed by atoms with Crippen molar-refractivity contribution in [2.75, 3.05) is 0 Å². The molecule has 17 heavy (non-hydrogen) atoms. The van der Waals surface area contributed by atoms with E-state index in [4.69, 9.17) is 15.9 Å². The predicted molar refractivity (Wildman–Crippen MR) is 59.5 cm³/mol. The van der Waals surface area contributed by atoms with Gasteiger partial charge < -0.3 is 10.5 Å². The number of amidine groups is 1. The van der Waals surface area contributed by atoms with Gasteiger partial charge in [0.25, 0.3) is 0 Å². The summed E-state index contributed by atoms with van der Waals surface area (Å²) in [5.74, 6) is -0.112. The van der Waals surface area contributed by atoms with Gasteiger partial charge in [-0.1, -0.05) is 0 Å². The normalized spacial score (nSPS) is 9.94. The molecule has 0 spiro atoms. The monoisotopic (exact) mass is 232 g/mol. The van der Waals surface area contributed by atoms with Crippen LogP contribution in [0.2, 0.25) is 0 Å². The number of nitrogens with two attached hydrogens (primary N) is 1. The molecule has 86 valence electrons. The number of halogens is 1. The first-order chi connectivity index (χ1) is 8.15. The fourth-order valence-electron chi connectivity index (χ4n) is 1.15. The molecule has 0 radical (unpaired) electrons. The van der Waals surface area contributed by atoms with Gasteiger partial charge in [0.15, 0.2) is 0 Å². The summed E-state index contributed by atoms with van der Waals surface area (Å²) in [4.78, 5) is 7.77. The molecule has 0 aliphatic carbocycles. The standard InChI is InChI=1S/C11H9FN4O/c12-7-1-3-8(4-2-7)17-11-15-6-5-9(16-11)10(13)14/h1-6H,(H3,13,14). The molecule has 1 aromatic carbocycles. The number of benzene rings is 1. The van der Waals surface area contributed by atoms with E-state index < -0.39 is 0 Å². The summed E-state index contributed by atoms with van der Waals surface area (Å²) in [6.07, 6.45) is 1.43. The molecule has 0 aliphatic rings. The Kier molecular flexibility index (Phi) is 2.95. The zero-order chi connectivity index (χ0) is 12.3. The highest BCUT2D eigenvalue weighted by atomic mass is 19.1. The van der Waals surface area contributed by atoms with Gasteiger partial charge >= 0.3 is 6.01 Å². The second-order valence-electron chi connectivity index (χ2n) is 3.19. The van der Waals surface area contributed by atoms with Crippen molar-refractivity contribution in [2.24, 2.45) is 5.73 Å². The third-order valence-corrected chi connectivity index (χ3v) is 1.93. The van der Waals surface area contributed by atoms with Crippen molar-refractivity contribution in [1.29, 1.82) is 5.41 Å². The second-order valence-corrected chi connectivity index (χ2v) is 3.19. The molecule has 0 saturated heterocycles. The number of nitrogens with one attached hydrogen (secondary N) is 1. The van der Waals surface area contributed by atoms with Crippen LogP contribution in [-0.4, -0.2) is 15.8 Å². The Morgan fingerprint density at radius 1 is 1.24 bits per heavy atom. The third-order valence-electron chi connectivity index (χ3n) is 1.93. The van der Waals surface area contributed by atoms with Crippen LogP contribution in [0.5, 0.6) is 11.8 Å². The van der Waals surface area contributed by atoms with Crippen molar-refractivity contribution in [2.45, 2.75) is 0 Å². The SMILES string of the molecule is N=C(N)c1ccnc(Oc2ccc(F)cc2)n1. The van der Waals surface area contributed by atoms with E-state index in [1.54, 1.807) is 0 Å². The largest absolute Gasteiger partial charge is 0.424 e. The van der Waals surface area contributed by atoms with Crippen molar-refractivity contribution in [3.05, 3.63) is 48.0 Å². The Bertz CT molecular complexity index is 541. The fraction of sp³-hybridized carbons (Fsp3) is 0. The molecule has 5 nitrogen and oxygen atoms in total. The summed E-state index contributed by atoms with van der Waals surface area (Å²) in [6, 6.07) is 7.01. The van der Waals surface area contributed by atoms with Gasteiger partial charge in [0.2, 0.25) is 0 Å². The Labute approximate surface area is 96.6 Å². The van der Waals surface area contributed by atoms with E-state index in [0.717, 1.165) is 0 Å². The Hall–Kier alpha value is -2.50. The highest BCUT2D eigenvalue weighted by Crippen LogP contribution is 2.17. The van der Waals surface area contributed by atoms with Gasteiger partial charge in [0.05, 0.1) is 0 Å². The number of nitrogens with zero attached hydrogens (tertiary/aromatic N) is 2. The zero-order valence-electron chi connectivity index (χ0n) is 8.72. The maximum absolute atomic E-state index is 12.7. The second kappa shape index (κ2) is 4.56. The Morgan fingerprint density at radius 2 is 1.94 bits per heavy atom. The van der Waals surface area contributed by atoms with Crippen molar-refractivity contribution < 1.29 is 9.13 Å². The van der Waals surface area contributed by atoms with Crippen molar-refractivity contribution in [3.63, 3.8) is 0 Å². The molecule has 2 rings (SSSR count). The van der Waals surface area contributed by atoms with Gasteiger partial charge in [0, 0.05) is 6.20 Å². The molecule has 0 atom stereocenters.